The lowest BCUT2D eigenvalue weighted by molar-refractivity contribution is 0.317. The van der Waals surface area contributed by atoms with E-state index in [9.17, 15) is 8.42 Å². The Morgan fingerprint density at radius 1 is 1.29 bits per heavy atom. The second-order valence-corrected chi connectivity index (χ2v) is 8.19. The molecule has 1 aromatic rings. The zero-order chi connectivity index (χ0) is 16.4. The smallest absolute Gasteiger partial charge is 0.244 e. The third-order valence-corrected chi connectivity index (χ3v) is 5.58. The van der Waals surface area contributed by atoms with Crippen molar-refractivity contribution in [3.8, 4) is 0 Å². The van der Waals surface area contributed by atoms with Crippen LogP contribution in [0.2, 0.25) is 0 Å². The van der Waals surface area contributed by atoms with Gasteiger partial charge in [0.15, 0.2) is 0 Å². The van der Waals surface area contributed by atoms with Crippen molar-refractivity contribution in [3.05, 3.63) is 11.4 Å². The molecule has 6 nitrogen and oxygen atoms in total. The highest BCUT2D eigenvalue weighted by Crippen LogP contribution is 2.24. The second kappa shape index (κ2) is 6.46. The standard InChI is InChI=1S/C14H28N4O2S/c1-10-13(11(2)18(16-10)9-8-15-7)21(19,20)17-12(3)14(4,5)6/h12,15,17H,8-9H2,1-7H3. The van der Waals surface area contributed by atoms with Gasteiger partial charge in [-0.05, 0) is 33.2 Å². The molecule has 0 aliphatic carbocycles. The predicted molar refractivity (Wildman–Crippen MR) is 84.9 cm³/mol. The van der Waals surface area contributed by atoms with E-state index >= 15 is 0 Å². The van der Waals surface area contributed by atoms with Crippen LogP contribution in [0.1, 0.15) is 39.1 Å². The van der Waals surface area contributed by atoms with Crippen LogP contribution in [0.15, 0.2) is 4.90 Å². The summed E-state index contributed by atoms with van der Waals surface area (Å²) in [5, 5.41) is 7.38. The van der Waals surface area contributed by atoms with E-state index in [1.807, 2.05) is 34.7 Å². The van der Waals surface area contributed by atoms with Crippen LogP contribution in [0, 0.1) is 19.3 Å². The van der Waals surface area contributed by atoms with Gasteiger partial charge in [-0.2, -0.15) is 5.10 Å². The number of aryl methyl sites for hydroxylation is 1. The zero-order valence-electron chi connectivity index (χ0n) is 14.1. The molecule has 122 valence electrons. The number of hydrogen-bond donors (Lipinski definition) is 2. The van der Waals surface area contributed by atoms with Crippen molar-refractivity contribution in [1.29, 1.82) is 0 Å². The van der Waals surface area contributed by atoms with Crippen molar-refractivity contribution >= 4 is 10.0 Å². The second-order valence-electron chi connectivity index (χ2n) is 6.54. The normalized spacial score (nSPS) is 14.4. The van der Waals surface area contributed by atoms with Crippen molar-refractivity contribution in [2.75, 3.05) is 13.6 Å². The fourth-order valence-electron chi connectivity index (χ4n) is 1.97. The number of rotatable bonds is 6. The summed E-state index contributed by atoms with van der Waals surface area (Å²) in [6.45, 7) is 12.8. The molecule has 1 unspecified atom stereocenters. The van der Waals surface area contributed by atoms with Crippen LogP contribution < -0.4 is 10.0 Å². The van der Waals surface area contributed by atoms with E-state index in [0.717, 1.165) is 6.54 Å². The molecule has 0 bridgehead atoms. The maximum Gasteiger partial charge on any atom is 0.244 e. The van der Waals surface area contributed by atoms with E-state index in [-0.39, 0.29) is 11.5 Å². The average Bonchev–Trinajstić information content (AvgIpc) is 2.60. The summed E-state index contributed by atoms with van der Waals surface area (Å²) in [6, 6.07) is -0.165. The van der Waals surface area contributed by atoms with Gasteiger partial charge < -0.3 is 5.32 Å². The van der Waals surface area contributed by atoms with Crippen molar-refractivity contribution in [3.63, 3.8) is 0 Å². The van der Waals surface area contributed by atoms with Crippen LogP contribution in [0.25, 0.3) is 0 Å². The van der Waals surface area contributed by atoms with Crippen molar-refractivity contribution in [2.45, 2.75) is 59.0 Å². The topological polar surface area (TPSA) is 76.0 Å². The van der Waals surface area contributed by atoms with Crippen LogP contribution >= 0.6 is 0 Å². The molecular formula is C14H28N4O2S. The lowest BCUT2D eigenvalue weighted by Gasteiger charge is -2.27. The Balaban J connectivity index is 3.12. The Bertz CT molecular complexity index is 585. The van der Waals surface area contributed by atoms with E-state index < -0.39 is 10.0 Å². The first kappa shape index (κ1) is 18.1. The molecule has 1 aromatic heterocycles. The minimum Gasteiger partial charge on any atom is -0.318 e. The van der Waals surface area contributed by atoms with Crippen molar-refractivity contribution in [2.24, 2.45) is 5.41 Å². The van der Waals surface area contributed by atoms with Crippen LogP contribution in [0.4, 0.5) is 0 Å². The van der Waals surface area contributed by atoms with Gasteiger partial charge in [0.2, 0.25) is 10.0 Å². The molecule has 0 saturated heterocycles. The maximum absolute atomic E-state index is 12.6. The van der Waals surface area contributed by atoms with E-state index in [0.29, 0.717) is 22.8 Å². The van der Waals surface area contributed by atoms with Crippen molar-refractivity contribution in [1.82, 2.24) is 19.8 Å². The quantitative estimate of drug-likeness (QED) is 0.832. The molecule has 0 spiro atoms. The molecule has 0 saturated carbocycles. The van der Waals surface area contributed by atoms with E-state index in [2.05, 4.69) is 15.1 Å². The Labute approximate surface area is 128 Å². The monoisotopic (exact) mass is 316 g/mol. The first-order chi connectivity index (χ1) is 9.50. The Hall–Kier alpha value is -0.920. The molecule has 0 radical (unpaired) electrons. The average molecular weight is 316 g/mol. The van der Waals surface area contributed by atoms with Gasteiger partial charge >= 0.3 is 0 Å². The summed E-state index contributed by atoms with van der Waals surface area (Å²) < 4.78 is 29.8. The van der Waals surface area contributed by atoms with Gasteiger partial charge in [0.25, 0.3) is 0 Å². The molecule has 1 heterocycles. The molecule has 0 aromatic carbocycles. The number of nitrogens with one attached hydrogen (secondary N) is 2. The summed E-state index contributed by atoms with van der Waals surface area (Å²) in [7, 11) is -1.70. The van der Waals surface area contributed by atoms with Gasteiger partial charge in [0, 0.05) is 12.6 Å². The number of sulfonamides is 1. The molecule has 0 aliphatic rings. The molecule has 7 heteroatoms. The maximum atomic E-state index is 12.6. The van der Waals surface area contributed by atoms with Gasteiger partial charge in [-0.15, -0.1) is 0 Å². The van der Waals surface area contributed by atoms with Crippen molar-refractivity contribution < 1.29 is 8.42 Å². The molecule has 0 aliphatic heterocycles. The van der Waals surface area contributed by atoms with E-state index in [1.54, 1.807) is 18.5 Å². The molecule has 1 rings (SSSR count). The van der Waals surface area contributed by atoms with Crippen LogP contribution in [-0.2, 0) is 16.6 Å². The summed E-state index contributed by atoms with van der Waals surface area (Å²) >= 11 is 0. The highest BCUT2D eigenvalue weighted by atomic mass is 32.2. The first-order valence-electron chi connectivity index (χ1n) is 7.21. The largest absolute Gasteiger partial charge is 0.318 e. The van der Waals surface area contributed by atoms with E-state index in [1.165, 1.54) is 0 Å². The third-order valence-electron chi connectivity index (χ3n) is 3.79. The molecule has 0 amide bonds. The van der Waals surface area contributed by atoms with Crippen LogP contribution in [-0.4, -0.2) is 37.8 Å². The summed E-state index contributed by atoms with van der Waals surface area (Å²) in [6.07, 6.45) is 0. The van der Waals surface area contributed by atoms with Crippen LogP contribution in [0.5, 0.6) is 0 Å². The van der Waals surface area contributed by atoms with Gasteiger partial charge in [-0.1, -0.05) is 20.8 Å². The Morgan fingerprint density at radius 2 is 1.86 bits per heavy atom. The number of aromatic nitrogens is 2. The van der Waals surface area contributed by atoms with Crippen LogP contribution in [0.3, 0.4) is 0 Å². The third kappa shape index (κ3) is 4.28. The molecule has 21 heavy (non-hydrogen) atoms. The molecule has 2 N–H and O–H groups in total. The highest BCUT2D eigenvalue weighted by Gasteiger charge is 2.30. The number of hydrogen-bond acceptors (Lipinski definition) is 4. The lowest BCUT2D eigenvalue weighted by atomic mass is 9.89. The zero-order valence-corrected chi connectivity index (χ0v) is 14.9. The van der Waals surface area contributed by atoms with Gasteiger partial charge in [0.1, 0.15) is 4.90 Å². The SMILES string of the molecule is CNCCn1nc(C)c(S(=O)(=O)NC(C)C(C)(C)C)c1C. The lowest BCUT2D eigenvalue weighted by Crippen LogP contribution is -2.41. The summed E-state index contributed by atoms with van der Waals surface area (Å²) in [5.41, 5.74) is 1.07. The van der Waals surface area contributed by atoms with Gasteiger partial charge in [0.05, 0.1) is 17.9 Å². The molecular weight excluding hydrogens is 288 g/mol. The number of nitrogens with zero attached hydrogens (tertiary/aromatic N) is 2. The Kier molecular flexibility index (Phi) is 5.57. The number of likely N-dealkylation sites (N-methyl/N-ethyl adjacent to an activating group) is 1. The minimum absolute atomic E-state index is 0.142. The molecule has 1 atom stereocenters. The van der Waals surface area contributed by atoms with E-state index in [4.69, 9.17) is 0 Å². The van der Waals surface area contributed by atoms with Gasteiger partial charge in [-0.3, -0.25) is 4.68 Å². The van der Waals surface area contributed by atoms with Gasteiger partial charge in [-0.25, -0.2) is 13.1 Å². The minimum atomic E-state index is -3.56. The first-order valence-corrected chi connectivity index (χ1v) is 8.70. The summed E-state index contributed by atoms with van der Waals surface area (Å²) in [5.74, 6) is 0. The fraction of sp³-hybridized carbons (Fsp3) is 0.786. The fourth-order valence-corrected chi connectivity index (χ4v) is 3.83. The highest BCUT2D eigenvalue weighted by molar-refractivity contribution is 7.89. The Morgan fingerprint density at radius 3 is 2.33 bits per heavy atom. The predicted octanol–water partition coefficient (Wildman–Crippen LogP) is 1.43. The summed E-state index contributed by atoms with van der Waals surface area (Å²) in [4.78, 5) is 0.301. The molecule has 0 fully saturated rings.